The number of nitro groups is 1. The molecule has 1 aromatic heterocycles. The molecular weight excluding hydrogens is 238 g/mol. The van der Waals surface area contributed by atoms with E-state index in [2.05, 4.69) is 10.3 Å². The van der Waals surface area contributed by atoms with Crippen molar-refractivity contribution in [2.75, 3.05) is 11.9 Å². The van der Waals surface area contributed by atoms with Gasteiger partial charge in [-0.3, -0.25) is 10.1 Å². The Morgan fingerprint density at radius 3 is 2.94 bits per heavy atom. The summed E-state index contributed by atoms with van der Waals surface area (Å²) in [6.45, 7) is 0.0197. The van der Waals surface area contributed by atoms with Crippen molar-refractivity contribution in [1.29, 1.82) is 0 Å². The van der Waals surface area contributed by atoms with Gasteiger partial charge in [-0.15, -0.1) is 0 Å². The first-order valence-electron chi connectivity index (χ1n) is 5.56. The van der Waals surface area contributed by atoms with Gasteiger partial charge in [0.1, 0.15) is 5.52 Å². The highest BCUT2D eigenvalue weighted by molar-refractivity contribution is 5.77. The number of hydrogen-bond donors (Lipinski definition) is 2. The predicted octanol–water partition coefficient (Wildman–Crippen LogP) is 1.67. The van der Waals surface area contributed by atoms with E-state index in [1.807, 2.05) is 0 Å². The van der Waals surface area contributed by atoms with E-state index >= 15 is 0 Å². The number of aliphatic hydroxyl groups is 1. The van der Waals surface area contributed by atoms with Gasteiger partial charge >= 0.3 is 0 Å². The third-order valence-electron chi connectivity index (χ3n) is 3.11. The van der Waals surface area contributed by atoms with E-state index in [0.29, 0.717) is 11.1 Å². The van der Waals surface area contributed by atoms with Gasteiger partial charge in [0.25, 0.3) is 11.7 Å². The number of fused-ring (bicyclic) bond motifs is 1. The Bertz CT molecular complexity index is 618. The van der Waals surface area contributed by atoms with E-state index in [9.17, 15) is 15.2 Å². The number of non-ortho nitro benzene ring substituents is 1. The molecule has 0 radical (unpaired) electrons. The summed E-state index contributed by atoms with van der Waals surface area (Å²) in [4.78, 5) is 14.3. The lowest BCUT2D eigenvalue weighted by molar-refractivity contribution is -0.384. The highest BCUT2D eigenvalue weighted by Gasteiger charge is 2.43. The first-order valence-corrected chi connectivity index (χ1v) is 5.56. The van der Waals surface area contributed by atoms with Gasteiger partial charge in [-0.25, -0.2) is 0 Å². The van der Waals surface area contributed by atoms with Crippen LogP contribution in [0.1, 0.15) is 12.8 Å². The average molecular weight is 249 g/mol. The van der Waals surface area contributed by atoms with E-state index < -0.39 is 4.92 Å². The van der Waals surface area contributed by atoms with E-state index in [1.165, 1.54) is 12.1 Å². The van der Waals surface area contributed by atoms with Crippen molar-refractivity contribution in [3.63, 3.8) is 0 Å². The van der Waals surface area contributed by atoms with Crippen molar-refractivity contribution in [1.82, 2.24) is 4.98 Å². The number of anilines is 1. The van der Waals surface area contributed by atoms with Crippen molar-refractivity contribution in [2.45, 2.75) is 18.4 Å². The summed E-state index contributed by atoms with van der Waals surface area (Å²) in [6, 6.07) is 4.55. The van der Waals surface area contributed by atoms with Gasteiger partial charge in [0.05, 0.1) is 23.1 Å². The summed E-state index contributed by atoms with van der Waals surface area (Å²) in [5.41, 5.74) is 0.554. The van der Waals surface area contributed by atoms with Crippen molar-refractivity contribution >= 4 is 22.8 Å². The lowest BCUT2D eigenvalue weighted by Crippen LogP contribution is -2.25. The fourth-order valence-corrected chi connectivity index (χ4v) is 1.78. The maximum Gasteiger partial charge on any atom is 0.296 e. The molecule has 2 aromatic rings. The van der Waals surface area contributed by atoms with Crippen LogP contribution < -0.4 is 5.32 Å². The van der Waals surface area contributed by atoms with Gasteiger partial charge in [0.2, 0.25) is 0 Å². The highest BCUT2D eigenvalue weighted by Crippen LogP contribution is 2.38. The largest absolute Gasteiger partial charge is 0.423 e. The standard InChI is InChI=1S/C11H11N3O4/c15-6-11(3-4-11)13-10-12-8-2-1-7(14(16)17)5-9(8)18-10/h1-2,5,15H,3-4,6H2,(H,12,13). The number of hydrogen-bond acceptors (Lipinski definition) is 6. The Balaban J connectivity index is 1.93. The van der Waals surface area contributed by atoms with Crippen LogP contribution in [0.2, 0.25) is 0 Å². The maximum atomic E-state index is 10.6. The van der Waals surface area contributed by atoms with E-state index in [0.717, 1.165) is 12.8 Å². The summed E-state index contributed by atoms with van der Waals surface area (Å²) in [7, 11) is 0. The number of rotatable bonds is 4. The molecule has 1 aromatic carbocycles. The average Bonchev–Trinajstić information content (AvgIpc) is 3.00. The lowest BCUT2D eigenvalue weighted by Gasteiger charge is -2.10. The minimum Gasteiger partial charge on any atom is -0.423 e. The molecule has 1 aliphatic carbocycles. The molecule has 1 aliphatic rings. The maximum absolute atomic E-state index is 10.6. The van der Waals surface area contributed by atoms with Gasteiger partial charge in [0, 0.05) is 6.07 Å². The molecular formula is C11H11N3O4. The summed E-state index contributed by atoms with van der Waals surface area (Å²) in [6.07, 6.45) is 1.73. The minimum absolute atomic E-state index is 0.0197. The smallest absolute Gasteiger partial charge is 0.296 e. The second-order valence-electron chi connectivity index (χ2n) is 4.49. The van der Waals surface area contributed by atoms with Crippen LogP contribution in [0.25, 0.3) is 11.1 Å². The zero-order chi connectivity index (χ0) is 12.8. The number of aliphatic hydroxyl groups excluding tert-OH is 1. The molecule has 7 heteroatoms. The quantitative estimate of drug-likeness (QED) is 0.631. The van der Waals surface area contributed by atoms with Crippen LogP contribution in [0.5, 0.6) is 0 Å². The molecule has 18 heavy (non-hydrogen) atoms. The number of aromatic nitrogens is 1. The SMILES string of the molecule is O=[N+]([O-])c1ccc2nc(NC3(CO)CC3)oc2c1. The Kier molecular flexibility index (Phi) is 2.24. The van der Waals surface area contributed by atoms with Crippen molar-refractivity contribution in [2.24, 2.45) is 0 Å². The summed E-state index contributed by atoms with van der Waals surface area (Å²) < 4.78 is 5.40. The number of benzene rings is 1. The zero-order valence-electron chi connectivity index (χ0n) is 9.42. The monoisotopic (exact) mass is 249 g/mol. The van der Waals surface area contributed by atoms with Crippen LogP contribution in [0.15, 0.2) is 22.6 Å². The third-order valence-corrected chi connectivity index (χ3v) is 3.11. The fourth-order valence-electron chi connectivity index (χ4n) is 1.78. The topological polar surface area (TPSA) is 101 Å². The molecule has 0 aliphatic heterocycles. The number of nitro benzene ring substituents is 1. The molecule has 0 spiro atoms. The number of nitrogens with one attached hydrogen (secondary N) is 1. The van der Waals surface area contributed by atoms with Crippen molar-refractivity contribution in [3.05, 3.63) is 28.3 Å². The van der Waals surface area contributed by atoms with Crippen LogP contribution in [0.4, 0.5) is 11.7 Å². The van der Waals surface area contributed by atoms with Crippen LogP contribution in [0, 0.1) is 10.1 Å². The minimum atomic E-state index is -0.481. The molecule has 0 amide bonds. The Hall–Kier alpha value is -2.15. The van der Waals surface area contributed by atoms with Gasteiger partial charge in [-0.05, 0) is 18.9 Å². The Labute approximate surface area is 102 Å². The molecule has 0 bridgehead atoms. The van der Waals surface area contributed by atoms with Crippen LogP contribution in [-0.4, -0.2) is 27.2 Å². The molecule has 94 valence electrons. The summed E-state index contributed by atoms with van der Waals surface area (Å²) in [5, 5.41) is 22.8. The predicted molar refractivity (Wildman–Crippen MR) is 63.3 cm³/mol. The van der Waals surface area contributed by atoms with Gasteiger partial charge in [0.15, 0.2) is 5.58 Å². The Morgan fingerprint density at radius 2 is 2.33 bits per heavy atom. The van der Waals surface area contributed by atoms with Crippen LogP contribution >= 0.6 is 0 Å². The normalized spacial score (nSPS) is 16.7. The number of oxazole rings is 1. The number of nitrogens with zero attached hydrogens (tertiary/aromatic N) is 2. The first-order chi connectivity index (χ1) is 8.62. The molecule has 1 fully saturated rings. The van der Waals surface area contributed by atoms with Gasteiger partial charge < -0.3 is 14.8 Å². The molecule has 1 saturated carbocycles. The first kappa shape index (κ1) is 11.0. The highest BCUT2D eigenvalue weighted by atomic mass is 16.6. The molecule has 1 heterocycles. The van der Waals surface area contributed by atoms with Crippen LogP contribution in [0.3, 0.4) is 0 Å². The van der Waals surface area contributed by atoms with Crippen molar-refractivity contribution in [3.8, 4) is 0 Å². The fraction of sp³-hybridized carbons (Fsp3) is 0.364. The molecule has 7 nitrogen and oxygen atoms in total. The summed E-state index contributed by atoms with van der Waals surface area (Å²) >= 11 is 0. The van der Waals surface area contributed by atoms with E-state index in [4.69, 9.17) is 4.42 Å². The lowest BCUT2D eigenvalue weighted by atomic mass is 10.3. The molecule has 0 unspecified atom stereocenters. The van der Waals surface area contributed by atoms with Crippen molar-refractivity contribution < 1.29 is 14.4 Å². The Morgan fingerprint density at radius 1 is 1.56 bits per heavy atom. The van der Waals surface area contributed by atoms with Gasteiger partial charge in [-0.2, -0.15) is 4.98 Å². The van der Waals surface area contributed by atoms with E-state index in [1.54, 1.807) is 6.07 Å². The molecule has 3 rings (SSSR count). The van der Waals surface area contributed by atoms with E-state index in [-0.39, 0.29) is 23.8 Å². The molecule has 0 atom stereocenters. The molecule has 0 saturated heterocycles. The second kappa shape index (κ2) is 3.67. The zero-order valence-corrected chi connectivity index (χ0v) is 9.42. The third kappa shape index (κ3) is 1.78. The summed E-state index contributed by atoms with van der Waals surface area (Å²) in [5.74, 6) is 0. The molecule has 2 N–H and O–H groups in total. The van der Waals surface area contributed by atoms with Crippen LogP contribution in [-0.2, 0) is 0 Å². The second-order valence-corrected chi connectivity index (χ2v) is 4.49. The van der Waals surface area contributed by atoms with Gasteiger partial charge in [-0.1, -0.05) is 0 Å².